The zero-order valence-electron chi connectivity index (χ0n) is 10.9. The Bertz CT molecular complexity index is 484. The molecular formula is C15H17FO3. The molecule has 0 spiro atoms. The highest BCUT2D eigenvalue weighted by atomic mass is 19.1. The lowest BCUT2D eigenvalue weighted by Gasteiger charge is -2.29. The first-order valence-corrected chi connectivity index (χ1v) is 6.56. The van der Waals surface area contributed by atoms with E-state index in [1.807, 2.05) is 0 Å². The molecule has 2 rings (SSSR count). The average Bonchev–Trinajstić information content (AvgIpc) is 2.39. The molecule has 1 aliphatic carbocycles. The predicted molar refractivity (Wildman–Crippen MR) is 68.1 cm³/mol. The molecule has 0 aliphatic heterocycles. The molecule has 1 aromatic rings. The minimum Gasteiger partial charge on any atom is -0.466 e. The van der Waals surface area contributed by atoms with Gasteiger partial charge in [0.05, 0.1) is 12.5 Å². The number of hydrogen-bond acceptors (Lipinski definition) is 3. The normalized spacial score (nSPS) is 23.2. The van der Waals surface area contributed by atoms with E-state index >= 15 is 0 Å². The summed E-state index contributed by atoms with van der Waals surface area (Å²) in [5, 5.41) is 0. The van der Waals surface area contributed by atoms with Crippen LogP contribution in [0.5, 0.6) is 0 Å². The van der Waals surface area contributed by atoms with E-state index in [4.69, 9.17) is 4.74 Å². The van der Waals surface area contributed by atoms with Gasteiger partial charge in [0.2, 0.25) is 0 Å². The van der Waals surface area contributed by atoms with Gasteiger partial charge in [0.1, 0.15) is 11.6 Å². The van der Waals surface area contributed by atoms with Crippen LogP contribution in [0.3, 0.4) is 0 Å². The number of esters is 1. The van der Waals surface area contributed by atoms with Crippen molar-refractivity contribution < 1.29 is 18.7 Å². The summed E-state index contributed by atoms with van der Waals surface area (Å²) in [5.41, 5.74) is 0.439. The first-order valence-electron chi connectivity index (χ1n) is 6.56. The van der Waals surface area contributed by atoms with Crippen molar-refractivity contribution in [3.63, 3.8) is 0 Å². The van der Waals surface area contributed by atoms with E-state index in [0.717, 1.165) is 0 Å². The third kappa shape index (κ3) is 3.00. The molecule has 1 saturated carbocycles. The molecule has 2 atom stereocenters. The molecule has 0 N–H and O–H groups in total. The molecule has 102 valence electrons. The SMILES string of the molecule is CCOC(=O)[C@@H]1CCC(=O)C[C@H]1c1ccccc1F. The second-order valence-corrected chi connectivity index (χ2v) is 4.77. The Balaban J connectivity index is 2.29. The number of benzene rings is 1. The van der Waals surface area contributed by atoms with E-state index in [-0.39, 0.29) is 24.0 Å². The fourth-order valence-corrected chi connectivity index (χ4v) is 2.64. The highest BCUT2D eigenvalue weighted by molar-refractivity contribution is 5.84. The fourth-order valence-electron chi connectivity index (χ4n) is 2.64. The standard InChI is InChI=1S/C15H17FO3/c1-2-19-15(18)12-8-7-10(17)9-13(12)11-5-3-4-6-14(11)16/h3-6,12-13H,2,7-9H2,1H3/t12-,13+/m1/s1. The molecule has 3 nitrogen and oxygen atoms in total. The summed E-state index contributed by atoms with van der Waals surface area (Å²) in [5.74, 6) is -1.44. The smallest absolute Gasteiger partial charge is 0.309 e. The maximum atomic E-state index is 13.9. The van der Waals surface area contributed by atoms with E-state index < -0.39 is 11.8 Å². The van der Waals surface area contributed by atoms with Gasteiger partial charge in [0, 0.05) is 18.8 Å². The monoisotopic (exact) mass is 264 g/mol. The molecular weight excluding hydrogens is 247 g/mol. The zero-order valence-corrected chi connectivity index (χ0v) is 10.9. The second kappa shape index (κ2) is 5.95. The molecule has 1 aliphatic rings. The summed E-state index contributed by atoms with van der Waals surface area (Å²) in [6, 6.07) is 6.32. The van der Waals surface area contributed by atoms with Gasteiger partial charge in [0.15, 0.2) is 0 Å². The van der Waals surface area contributed by atoms with Crippen LogP contribution in [0.2, 0.25) is 0 Å². The van der Waals surface area contributed by atoms with Gasteiger partial charge in [-0.15, -0.1) is 0 Å². The van der Waals surface area contributed by atoms with Crippen molar-refractivity contribution in [3.05, 3.63) is 35.6 Å². The Kier molecular flexibility index (Phi) is 4.30. The third-order valence-electron chi connectivity index (χ3n) is 3.56. The van der Waals surface area contributed by atoms with Crippen molar-refractivity contribution in [1.29, 1.82) is 0 Å². The van der Waals surface area contributed by atoms with Crippen molar-refractivity contribution >= 4 is 11.8 Å². The van der Waals surface area contributed by atoms with Crippen LogP contribution < -0.4 is 0 Å². The maximum absolute atomic E-state index is 13.9. The molecule has 0 saturated heterocycles. The van der Waals surface area contributed by atoms with Crippen LogP contribution >= 0.6 is 0 Å². The number of ketones is 1. The Morgan fingerprint density at radius 3 is 2.84 bits per heavy atom. The van der Waals surface area contributed by atoms with Gasteiger partial charge >= 0.3 is 5.97 Å². The second-order valence-electron chi connectivity index (χ2n) is 4.77. The number of carbonyl (C=O) groups excluding carboxylic acids is 2. The van der Waals surface area contributed by atoms with Crippen molar-refractivity contribution in [2.24, 2.45) is 5.92 Å². The lowest BCUT2D eigenvalue weighted by molar-refractivity contribution is -0.150. The summed E-state index contributed by atoms with van der Waals surface area (Å²) >= 11 is 0. The minimum atomic E-state index is -0.422. The Hall–Kier alpha value is -1.71. The largest absolute Gasteiger partial charge is 0.466 e. The zero-order chi connectivity index (χ0) is 13.8. The van der Waals surface area contributed by atoms with E-state index in [2.05, 4.69) is 0 Å². The van der Waals surface area contributed by atoms with Gasteiger partial charge in [-0.3, -0.25) is 9.59 Å². The van der Waals surface area contributed by atoms with Crippen LogP contribution in [0, 0.1) is 11.7 Å². The molecule has 1 aromatic carbocycles. The summed E-state index contributed by atoms with van der Waals surface area (Å²) in [7, 11) is 0. The van der Waals surface area contributed by atoms with Gasteiger partial charge in [-0.05, 0) is 25.0 Å². The van der Waals surface area contributed by atoms with Crippen molar-refractivity contribution in [2.75, 3.05) is 6.61 Å². The van der Waals surface area contributed by atoms with E-state index in [9.17, 15) is 14.0 Å². The number of ether oxygens (including phenoxy) is 1. The van der Waals surface area contributed by atoms with E-state index in [1.54, 1.807) is 25.1 Å². The fraction of sp³-hybridized carbons (Fsp3) is 0.467. The molecule has 0 unspecified atom stereocenters. The molecule has 0 bridgehead atoms. The Morgan fingerprint density at radius 1 is 1.42 bits per heavy atom. The maximum Gasteiger partial charge on any atom is 0.309 e. The number of hydrogen-bond donors (Lipinski definition) is 0. The van der Waals surface area contributed by atoms with Crippen LogP contribution in [0.4, 0.5) is 4.39 Å². The average molecular weight is 264 g/mol. The molecule has 0 aromatic heterocycles. The van der Waals surface area contributed by atoms with Crippen LogP contribution in [-0.4, -0.2) is 18.4 Å². The highest BCUT2D eigenvalue weighted by Crippen LogP contribution is 2.38. The topological polar surface area (TPSA) is 43.4 Å². The first-order chi connectivity index (χ1) is 9.13. The number of carbonyl (C=O) groups is 2. The third-order valence-corrected chi connectivity index (χ3v) is 3.56. The van der Waals surface area contributed by atoms with Crippen molar-refractivity contribution in [1.82, 2.24) is 0 Å². The summed E-state index contributed by atoms with van der Waals surface area (Å²) in [6.45, 7) is 2.04. The van der Waals surface area contributed by atoms with Crippen LogP contribution in [0.15, 0.2) is 24.3 Å². The van der Waals surface area contributed by atoms with Crippen LogP contribution in [0.1, 0.15) is 37.7 Å². The molecule has 0 heterocycles. The van der Waals surface area contributed by atoms with E-state index in [1.165, 1.54) is 6.07 Å². The van der Waals surface area contributed by atoms with Crippen LogP contribution in [-0.2, 0) is 14.3 Å². The molecule has 0 amide bonds. The lowest BCUT2D eigenvalue weighted by atomic mass is 9.75. The lowest BCUT2D eigenvalue weighted by Crippen LogP contribution is -2.31. The Morgan fingerprint density at radius 2 is 2.16 bits per heavy atom. The summed E-state index contributed by atoms with van der Waals surface area (Å²) in [6.07, 6.45) is 1.02. The van der Waals surface area contributed by atoms with Crippen molar-refractivity contribution in [2.45, 2.75) is 32.1 Å². The van der Waals surface area contributed by atoms with Gasteiger partial charge in [-0.25, -0.2) is 4.39 Å². The summed E-state index contributed by atoms with van der Waals surface area (Å²) < 4.78 is 18.9. The molecule has 1 fully saturated rings. The van der Waals surface area contributed by atoms with Gasteiger partial charge in [-0.1, -0.05) is 18.2 Å². The van der Waals surface area contributed by atoms with Gasteiger partial charge in [-0.2, -0.15) is 0 Å². The van der Waals surface area contributed by atoms with Crippen LogP contribution in [0.25, 0.3) is 0 Å². The van der Waals surface area contributed by atoms with Gasteiger partial charge in [0.25, 0.3) is 0 Å². The number of rotatable bonds is 3. The number of halogens is 1. The quantitative estimate of drug-likeness (QED) is 0.788. The first kappa shape index (κ1) is 13.7. The Labute approximate surface area is 111 Å². The number of Topliss-reactive ketones (excluding diaryl/α,β-unsaturated/α-hetero) is 1. The summed E-state index contributed by atoms with van der Waals surface area (Å²) in [4.78, 5) is 23.6. The van der Waals surface area contributed by atoms with E-state index in [0.29, 0.717) is 25.0 Å². The predicted octanol–water partition coefficient (Wildman–Crippen LogP) is 2.84. The van der Waals surface area contributed by atoms with Crippen molar-refractivity contribution in [3.8, 4) is 0 Å². The molecule has 19 heavy (non-hydrogen) atoms. The highest BCUT2D eigenvalue weighted by Gasteiger charge is 2.37. The van der Waals surface area contributed by atoms with Gasteiger partial charge < -0.3 is 4.74 Å². The molecule has 0 radical (unpaired) electrons. The minimum absolute atomic E-state index is 0.0776. The molecule has 4 heteroatoms.